The van der Waals surface area contributed by atoms with Crippen LogP contribution in [0.5, 0.6) is 0 Å². The van der Waals surface area contributed by atoms with Gasteiger partial charge in [0.15, 0.2) is 0 Å². The van der Waals surface area contributed by atoms with Gasteiger partial charge in [0.25, 0.3) is 0 Å². The van der Waals surface area contributed by atoms with E-state index in [0.29, 0.717) is 31.1 Å². The molecule has 0 radical (unpaired) electrons. The van der Waals surface area contributed by atoms with Crippen LogP contribution in [0.2, 0.25) is 0 Å². The van der Waals surface area contributed by atoms with Crippen molar-refractivity contribution in [3.05, 3.63) is 23.9 Å². The Balaban J connectivity index is 2.08. The van der Waals surface area contributed by atoms with Crippen LogP contribution in [0.15, 0.2) is 18.3 Å². The van der Waals surface area contributed by atoms with Crippen molar-refractivity contribution in [2.75, 3.05) is 44.8 Å². The summed E-state index contributed by atoms with van der Waals surface area (Å²) in [7, 11) is 1.91. The van der Waals surface area contributed by atoms with Gasteiger partial charge in [0, 0.05) is 32.9 Å². The maximum absolute atomic E-state index is 11.9. The highest BCUT2D eigenvalue weighted by atomic mass is 16.5. The number of ether oxygens (including phenoxy) is 2. The van der Waals surface area contributed by atoms with Crippen LogP contribution in [-0.2, 0) is 9.47 Å². The van der Waals surface area contributed by atoms with Crippen LogP contribution >= 0.6 is 0 Å². The van der Waals surface area contributed by atoms with Gasteiger partial charge in [0.05, 0.1) is 19.3 Å². The highest BCUT2D eigenvalue weighted by Gasteiger charge is 2.20. The molecule has 1 atom stereocenters. The number of esters is 1. The van der Waals surface area contributed by atoms with Gasteiger partial charge in [0.1, 0.15) is 11.4 Å². The number of hydrogen-bond donors (Lipinski definition) is 1. The number of hydrogen-bond acceptors (Lipinski definition) is 6. The zero-order valence-electron chi connectivity index (χ0n) is 12.0. The first-order chi connectivity index (χ1) is 9.72. The van der Waals surface area contributed by atoms with E-state index in [2.05, 4.69) is 10.3 Å². The van der Waals surface area contributed by atoms with E-state index in [9.17, 15) is 4.79 Å². The summed E-state index contributed by atoms with van der Waals surface area (Å²) in [5.41, 5.74) is 0.487. The van der Waals surface area contributed by atoms with E-state index in [-0.39, 0.29) is 12.1 Å². The van der Waals surface area contributed by atoms with Crippen LogP contribution in [0, 0.1) is 0 Å². The molecule has 2 heterocycles. The first kappa shape index (κ1) is 14.7. The molecule has 0 bridgehead atoms. The highest BCUT2D eigenvalue weighted by Crippen LogP contribution is 2.17. The van der Waals surface area contributed by atoms with Crippen molar-refractivity contribution in [3.8, 4) is 0 Å². The van der Waals surface area contributed by atoms with E-state index in [4.69, 9.17) is 9.47 Å². The lowest BCUT2D eigenvalue weighted by Crippen LogP contribution is -2.44. The largest absolute Gasteiger partial charge is 0.462 e. The number of nitrogens with one attached hydrogen (secondary N) is 1. The Morgan fingerprint density at radius 3 is 3.20 bits per heavy atom. The summed E-state index contributed by atoms with van der Waals surface area (Å²) in [6, 6.07) is 3.47. The summed E-state index contributed by atoms with van der Waals surface area (Å²) in [4.78, 5) is 18.2. The summed E-state index contributed by atoms with van der Waals surface area (Å²) in [6.45, 7) is 5.23. The molecule has 6 heteroatoms. The number of nitrogens with zero attached hydrogens (tertiary/aromatic N) is 2. The van der Waals surface area contributed by atoms with Crippen LogP contribution in [0.25, 0.3) is 0 Å². The molecule has 0 aromatic carbocycles. The molecule has 0 saturated carbocycles. The third-order valence-electron chi connectivity index (χ3n) is 3.13. The van der Waals surface area contributed by atoms with Gasteiger partial charge in [-0.1, -0.05) is 0 Å². The molecule has 1 N–H and O–H groups in total. The lowest BCUT2D eigenvalue weighted by Gasteiger charge is -2.29. The van der Waals surface area contributed by atoms with Crippen molar-refractivity contribution in [2.24, 2.45) is 0 Å². The Morgan fingerprint density at radius 1 is 1.65 bits per heavy atom. The number of carbonyl (C=O) groups is 1. The van der Waals surface area contributed by atoms with Crippen LogP contribution in [0.3, 0.4) is 0 Å². The maximum atomic E-state index is 11.9. The van der Waals surface area contributed by atoms with Crippen LogP contribution in [-0.4, -0.2) is 57.0 Å². The van der Waals surface area contributed by atoms with Gasteiger partial charge in [-0.15, -0.1) is 0 Å². The van der Waals surface area contributed by atoms with Crippen molar-refractivity contribution < 1.29 is 14.3 Å². The second-order valence-corrected chi connectivity index (χ2v) is 4.67. The van der Waals surface area contributed by atoms with Crippen molar-refractivity contribution in [3.63, 3.8) is 0 Å². The van der Waals surface area contributed by atoms with Gasteiger partial charge in [-0.3, -0.25) is 0 Å². The van der Waals surface area contributed by atoms with Crippen molar-refractivity contribution in [1.29, 1.82) is 0 Å². The Morgan fingerprint density at radius 2 is 2.50 bits per heavy atom. The Hall–Kier alpha value is -1.66. The minimum atomic E-state index is -0.342. The molecule has 20 heavy (non-hydrogen) atoms. The molecule has 1 aliphatic rings. The molecule has 1 aromatic rings. The van der Waals surface area contributed by atoms with Gasteiger partial charge in [-0.05, 0) is 19.1 Å². The number of likely N-dealkylation sites (N-methyl/N-ethyl adjacent to an activating group) is 1. The predicted molar refractivity (Wildman–Crippen MR) is 76.1 cm³/mol. The summed E-state index contributed by atoms with van der Waals surface area (Å²) in [5.74, 6) is 0.283. The molecule has 110 valence electrons. The standard InChI is InChI=1S/C14H21N3O3/c1-3-19-14(18)12-5-4-6-16-13(12)17(2)10-11-9-15-7-8-20-11/h4-6,11,15H,3,7-10H2,1-2H3. The minimum Gasteiger partial charge on any atom is -0.462 e. The van der Waals surface area contributed by atoms with Gasteiger partial charge >= 0.3 is 5.97 Å². The average Bonchev–Trinajstić information content (AvgIpc) is 2.48. The molecule has 0 amide bonds. The van der Waals surface area contributed by atoms with Gasteiger partial charge in [-0.2, -0.15) is 0 Å². The molecule has 0 spiro atoms. The number of aromatic nitrogens is 1. The lowest BCUT2D eigenvalue weighted by atomic mass is 10.2. The number of rotatable bonds is 5. The first-order valence-electron chi connectivity index (χ1n) is 6.88. The number of carbonyl (C=O) groups excluding carboxylic acids is 1. The Labute approximate surface area is 119 Å². The molecule has 6 nitrogen and oxygen atoms in total. The second kappa shape index (κ2) is 7.21. The SMILES string of the molecule is CCOC(=O)c1cccnc1N(C)CC1CNCCO1. The fraction of sp³-hybridized carbons (Fsp3) is 0.571. The molecule has 1 aromatic heterocycles. The van der Waals surface area contributed by atoms with E-state index >= 15 is 0 Å². The molecule has 1 saturated heterocycles. The highest BCUT2D eigenvalue weighted by molar-refractivity contribution is 5.94. The van der Waals surface area contributed by atoms with Crippen LogP contribution < -0.4 is 10.2 Å². The third kappa shape index (κ3) is 3.68. The van der Waals surface area contributed by atoms with Crippen LogP contribution in [0.1, 0.15) is 17.3 Å². The fourth-order valence-electron chi connectivity index (χ4n) is 2.20. The smallest absolute Gasteiger partial charge is 0.341 e. The fourth-order valence-corrected chi connectivity index (χ4v) is 2.20. The van der Waals surface area contributed by atoms with Gasteiger partial charge < -0.3 is 19.7 Å². The average molecular weight is 279 g/mol. The summed E-state index contributed by atoms with van der Waals surface area (Å²) in [6.07, 6.45) is 1.78. The maximum Gasteiger partial charge on any atom is 0.341 e. The molecule has 1 fully saturated rings. The zero-order valence-corrected chi connectivity index (χ0v) is 12.0. The van der Waals surface area contributed by atoms with E-state index in [1.165, 1.54) is 0 Å². The molecular formula is C14H21N3O3. The van der Waals surface area contributed by atoms with E-state index in [1.807, 2.05) is 11.9 Å². The summed E-state index contributed by atoms with van der Waals surface area (Å²) >= 11 is 0. The predicted octanol–water partition coefficient (Wildman–Crippen LogP) is 0.683. The Kier molecular flexibility index (Phi) is 5.31. The molecule has 2 rings (SSSR count). The normalized spacial score (nSPS) is 18.6. The van der Waals surface area contributed by atoms with E-state index < -0.39 is 0 Å². The second-order valence-electron chi connectivity index (χ2n) is 4.67. The first-order valence-corrected chi connectivity index (χ1v) is 6.88. The van der Waals surface area contributed by atoms with Gasteiger partial charge in [-0.25, -0.2) is 9.78 Å². The molecule has 1 aliphatic heterocycles. The third-order valence-corrected chi connectivity index (χ3v) is 3.13. The molecular weight excluding hydrogens is 258 g/mol. The monoisotopic (exact) mass is 279 g/mol. The van der Waals surface area contributed by atoms with E-state index in [0.717, 1.165) is 13.1 Å². The summed E-state index contributed by atoms with van der Waals surface area (Å²) < 4.78 is 10.7. The lowest BCUT2D eigenvalue weighted by molar-refractivity contribution is 0.0338. The quantitative estimate of drug-likeness (QED) is 0.800. The minimum absolute atomic E-state index is 0.103. The number of anilines is 1. The van der Waals surface area contributed by atoms with Crippen molar-refractivity contribution >= 4 is 11.8 Å². The summed E-state index contributed by atoms with van der Waals surface area (Å²) in [5, 5.41) is 3.29. The molecule has 0 aliphatic carbocycles. The topological polar surface area (TPSA) is 63.7 Å². The van der Waals surface area contributed by atoms with Gasteiger partial charge in [0.2, 0.25) is 0 Å². The molecule has 1 unspecified atom stereocenters. The number of pyridine rings is 1. The van der Waals surface area contributed by atoms with Crippen molar-refractivity contribution in [2.45, 2.75) is 13.0 Å². The number of morpholine rings is 1. The van der Waals surface area contributed by atoms with Crippen LogP contribution in [0.4, 0.5) is 5.82 Å². The Bertz CT molecular complexity index is 447. The zero-order chi connectivity index (χ0) is 14.4. The van der Waals surface area contributed by atoms with E-state index in [1.54, 1.807) is 25.3 Å². The van der Waals surface area contributed by atoms with Crippen molar-refractivity contribution in [1.82, 2.24) is 10.3 Å².